The van der Waals surface area contributed by atoms with Crippen molar-refractivity contribution in [2.75, 3.05) is 5.32 Å². The number of aromatic hydroxyl groups is 1. The highest BCUT2D eigenvalue weighted by Crippen LogP contribution is 2.29. The number of hydrogen-bond acceptors (Lipinski definition) is 4. The number of nitrogens with one attached hydrogen (secondary N) is 1. The topological polar surface area (TPSA) is 71.5 Å². The number of nitrogens with zero attached hydrogens (tertiary/aromatic N) is 1. The lowest BCUT2D eigenvalue weighted by molar-refractivity contribution is 0.0634. The summed E-state index contributed by atoms with van der Waals surface area (Å²) in [5.74, 6) is -0.0722. The summed E-state index contributed by atoms with van der Waals surface area (Å²) >= 11 is 3.12. The van der Waals surface area contributed by atoms with Crippen LogP contribution in [0.1, 0.15) is 20.8 Å². The summed E-state index contributed by atoms with van der Waals surface area (Å²) in [5.41, 5.74) is -0.592. The van der Waals surface area contributed by atoms with Gasteiger partial charge in [0.2, 0.25) is 0 Å². The zero-order valence-corrected chi connectivity index (χ0v) is 10.8. The van der Waals surface area contributed by atoms with E-state index in [1.807, 2.05) is 0 Å². The van der Waals surface area contributed by atoms with Gasteiger partial charge in [0.05, 0.1) is 4.47 Å². The quantitative estimate of drug-likeness (QED) is 0.833. The molecule has 0 radical (unpaired) electrons. The van der Waals surface area contributed by atoms with E-state index in [-0.39, 0.29) is 11.6 Å². The molecule has 0 atom stereocenters. The summed E-state index contributed by atoms with van der Waals surface area (Å²) in [4.78, 5) is 15.2. The second-order valence-corrected chi connectivity index (χ2v) is 4.97. The molecule has 1 aromatic rings. The van der Waals surface area contributed by atoms with Gasteiger partial charge in [0.25, 0.3) is 0 Å². The van der Waals surface area contributed by atoms with Crippen molar-refractivity contribution in [3.63, 3.8) is 0 Å². The number of pyridine rings is 1. The molecule has 6 heteroatoms. The number of halogens is 1. The van der Waals surface area contributed by atoms with Gasteiger partial charge >= 0.3 is 6.09 Å². The van der Waals surface area contributed by atoms with Crippen LogP contribution in [0.25, 0.3) is 0 Å². The highest BCUT2D eigenvalue weighted by atomic mass is 79.9. The maximum atomic E-state index is 11.4. The number of aromatic nitrogens is 1. The first-order valence-electron chi connectivity index (χ1n) is 4.63. The summed E-state index contributed by atoms with van der Waals surface area (Å²) in [7, 11) is 0. The Morgan fingerprint density at radius 3 is 2.75 bits per heavy atom. The van der Waals surface area contributed by atoms with E-state index in [0.29, 0.717) is 4.47 Å². The molecule has 0 aliphatic heterocycles. The lowest BCUT2D eigenvalue weighted by atomic mass is 10.2. The summed E-state index contributed by atoms with van der Waals surface area (Å²) in [5, 5.41) is 11.9. The van der Waals surface area contributed by atoms with Crippen molar-refractivity contribution in [2.45, 2.75) is 26.4 Å². The van der Waals surface area contributed by atoms with Crippen molar-refractivity contribution < 1.29 is 14.6 Å². The molecule has 2 N–H and O–H groups in total. The van der Waals surface area contributed by atoms with Crippen LogP contribution in [0.5, 0.6) is 5.75 Å². The van der Waals surface area contributed by atoms with E-state index in [1.54, 1.807) is 26.8 Å². The molecule has 88 valence electrons. The molecule has 1 rings (SSSR count). The smallest absolute Gasteiger partial charge is 0.413 e. The molecule has 0 aromatic carbocycles. The Balaban J connectivity index is 2.74. The van der Waals surface area contributed by atoms with Crippen LogP contribution in [0.15, 0.2) is 16.7 Å². The van der Waals surface area contributed by atoms with Crippen LogP contribution in [-0.4, -0.2) is 21.8 Å². The van der Waals surface area contributed by atoms with Crippen LogP contribution in [-0.2, 0) is 4.74 Å². The van der Waals surface area contributed by atoms with Crippen LogP contribution < -0.4 is 5.32 Å². The van der Waals surface area contributed by atoms with Gasteiger partial charge in [-0.05, 0) is 42.8 Å². The van der Waals surface area contributed by atoms with Crippen LogP contribution in [0.4, 0.5) is 10.6 Å². The lowest BCUT2D eigenvalue weighted by Crippen LogP contribution is -2.27. The Morgan fingerprint density at radius 2 is 2.19 bits per heavy atom. The van der Waals surface area contributed by atoms with Crippen LogP contribution in [0, 0.1) is 0 Å². The van der Waals surface area contributed by atoms with Crippen molar-refractivity contribution in [2.24, 2.45) is 0 Å². The average molecular weight is 289 g/mol. The molecular formula is C10H13BrN2O3. The predicted molar refractivity (Wildman–Crippen MR) is 63.5 cm³/mol. The van der Waals surface area contributed by atoms with Crippen LogP contribution >= 0.6 is 15.9 Å². The van der Waals surface area contributed by atoms with Gasteiger partial charge in [-0.1, -0.05) is 0 Å². The van der Waals surface area contributed by atoms with E-state index in [9.17, 15) is 9.90 Å². The highest BCUT2D eigenvalue weighted by molar-refractivity contribution is 9.10. The number of carbonyl (C=O) groups excluding carboxylic acids is 1. The lowest BCUT2D eigenvalue weighted by Gasteiger charge is -2.19. The summed E-state index contributed by atoms with van der Waals surface area (Å²) < 4.78 is 5.47. The first-order chi connectivity index (χ1) is 7.29. The maximum absolute atomic E-state index is 11.4. The second-order valence-electron chi connectivity index (χ2n) is 4.12. The predicted octanol–water partition coefficient (Wildman–Crippen LogP) is 2.90. The molecule has 0 aliphatic rings. The number of hydrogen-bond donors (Lipinski definition) is 2. The van der Waals surface area contributed by atoms with Crippen molar-refractivity contribution in [3.8, 4) is 5.75 Å². The highest BCUT2D eigenvalue weighted by Gasteiger charge is 2.18. The average Bonchev–Trinajstić information content (AvgIpc) is 2.09. The Kier molecular flexibility index (Phi) is 3.74. The molecule has 0 unspecified atom stereocenters. The van der Waals surface area contributed by atoms with Gasteiger partial charge in [0.15, 0.2) is 11.6 Å². The Bertz CT molecular complexity index is 402. The van der Waals surface area contributed by atoms with Crippen molar-refractivity contribution >= 4 is 27.8 Å². The van der Waals surface area contributed by atoms with Gasteiger partial charge in [0, 0.05) is 6.20 Å². The van der Waals surface area contributed by atoms with E-state index < -0.39 is 11.7 Å². The van der Waals surface area contributed by atoms with E-state index in [4.69, 9.17) is 4.74 Å². The van der Waals surface area contributed by atoms with Crippen LogP contribution in [0.3, 0.4) is 0 Å². The standard InChI is InChI=1S/C10H13BrN2O3/c1-10(2,3)16-9(15)13-8-7(14)6(11)4-5-12-8/h4-5,14H,1-3H3,(H,12,13,15). The molecule has 0 spiro atoms. The minimum absolute atomic E-state index is 0.0589. The normalized spacial score (nSPS) is 11.0. The number of anilines is 1. The van der Waals surface area contributed by atoms with Crippen molar-refractivity contribution in [1.82, 2.24) is 4.98 Å². The van der Waals surface area contributed by atoms with Crippen molar-refractivity contribution in [1.29, 1.82) is 0 Å². The second kappa shape index (κ2) is 4.69. The van der Waals surface area contributed by atoms with Gasteiger partial charge in [-0.15, -0.1) is 0 Å². The van der Waals surface area contributed by atoms with Gasteiger partial charge in [-0.25, -0.2) is 9.78 Å². The summed E-state index contributed by atoms with van der Waals surface area (Å²) in [6.07, 6.45) is 0.796. The maximum Gasteiger partial charge on any atom is 0.413 e. The van der Waals surface area contributed by atoms with Crippen molar-refractivity contribution in [3.05, 3.63) is 16.7 Å². The Morgan fingerprint density at radius 1 is 1.56 bits per heavy atom. The van der Waals surface area contributed by atoms with Gasteiger partial charge in [-0.3, -0.25) is 5.32 Å². The number of carbonyl (C=O) groups is 1. The molecular weight excluding hydrogens is 276 g/mol. The van der Waals surface area contributed by atoms with E-state index in [0.717, 1.165) is 0 Å². The van der Waals surface area contributed by atoms with E-state index >= 15 is 0 Å². The largest absolute Gasteiger partial charge is 0.503 e. The first-order valence-corrected chi connectivity index (χ1v) is 5.42. The third-order valence-corrected chi connectivity index (χ3v) is 2.13. The molecule has 5 nitrogen and oxygen atoms in total. The fraction of sp³-hybridized carbons (Fsp3) is 0.400. The molecule has 16 heavy (non-hydrogen) atoms. The first kappa shape index (κ1) is 12.8. The SMILES string of the molecule is CC(C)(C)OC(=O)Nc1nccc(Br)c1O. The Labute approximate surface area is 102 Å². The molecule has 0 saturated carbocycles. The third-order valence-electron chi connectivity index (χ3n) is 1.49. The minimum Gasteiger partial charge on any atom is -0.503 e. The molecule has 0 bridgehead atoms. The van der Waals surface area contributed by atoms with E-state index in [2.05, 4.69) is 26.2 Å². The minimum atomic E-state index is -0.659. The van der Waals surface area contributed by atoms with E-state index in [1.165, 1.54) is 6.20 Å². The fourth-order valence-electron chi connectivity index (χ4n) is 0.922. The number of rotatable bonds is 1. The monoisotopic (exact) mass is 288 g/mol. The molecule has 0 aliphatic carbocycles. The molecule has 1 aromatic heterocycles. The number of amides is 1. The fourth-order valence-corrected chi connectivity index (χ4v) is 1.23. The third kappa shape index (κ3) is 3.69. The van der Waals surface area contributed by atoms with Crippen LogP contribution in [0.2, 0.25) is 0 Å². The molecule has 0 saturated heterocycles. The molecule has 1 amide bonds. The summed E-state index contributed by atoms with van der Waals surface area (Å²) in [6.45, 7) is 5.25. The van der Waals surface area contributed by atoms with Gasteiger partial charge < -0.3 is 9.84 Å². The zero-order chi connectivity index (χ0) is 12.3. The number of ether oxygens (including phenoxy) is 1. The van der Waals surface area contributed by atoms with Gasteiger partial charge in [0.1, 0.15) is 5.60 Å². The molecule has 0 fully saturated rings. The van der Waals surface area contributed by atoms with Gasteiger partial charge in [-0.2, -0.15) is 0 Å². The zero-order valence-electron chi connectivity index (χ0n) is 9.24. The summed E-state index contributed by atoms with van der Waals surface area (Å²) in [6, 6.07) is 1.57. The Hall–Kier alpha value is -1.30. The molecule has 1 heterocycles.